The summed E-state index contributed by atoms with van der Waals surface area (Å²) in [5, 5.41) is 50.0. The summed E-state index contributed by atoms with van der Waals surface area (Å²) in [4.78, 5) is 22.4. The Kier molecular flexibility index (Phi) is 8.83. The van der Waals surface area contributed by atoms with Gasteiger partial charge in [-0.25, -0.2) is 4.79 Å². The molecule has 0 aromatic heterocycles. The second-order valence-electron chi connectivity index (χ2n) is 4.82. The van der Waals surface area contributed by atoms with E-state index in [0.29, 0.717) is 0 Å². The van der Waals surface area contributed by atoms with Crippen LogP contribution in [0.3, 0.4) is 0 Å². The molecule has 0 bridgehead atoms. The highest BCUT2D eigenvalue weighted by Crippen LogP contribution is 2.15. The molecule has 0 rings (SSSR count). The number of ether oxygens (including phenoxy) is 1. The molecule has 0 radical (unpaired) electrons. The minimum atomic E-state index is -1.82. The molecule has 0 aromatic rings. The van der Waals surface area contributed by atoms with Crippen LogP contribution in [0, 0.1) is 0 Å². The Morgan fingerprint density at radius 3 is 2.09 bits per heavy atom. The summed E-state index contributed by atoms with van der Waals surface area (Å²) in [5.41, 5.74) is -0.102. The third-order valence-electron chi connectivity index (χ3n) is 3.01. The lowest BCUT2D eigenvalue weighted by Gasteiger charge is -2.32. The van der Waals surface area contributed by atoms with Crippen molar-refractivity contribution in [3.05, 3.63) is 12.2 Å². The van der Waals surface area contributed by atoms with Crippen LogP contribution in [-0.2, 0) is 14.3 Å². The molecular weight excluding hydrogens is 298 g/mol. The average Bonchev–Trinajstić information content (AvgIpc) is 2.48. The molecule has 0 aromatic carbocycles. The van der Waals surface area contributed by atoms with Crippen molar-refractivity contribution in [1.82, 2.24) is 5.32 Å². The number of hydrogen-bond donors (Lipinski definition) is 6. The molecule has 22 heavy (non-hydrogen) atoms. The summed E-state index contributed by atoms with van der Waals surface area (Å²) in [6.07, 6.45) is -7.08. The van der Waals surface area contributed by atoms with E-state index >= 15 is 0 Å². The molecule has 5 atom stereocenters. The first-order valence-corrected chi connectivity index (χ1v) is 6.52. The van der Waals surface area contributed by atoms with E-state index in [1.807, 2.05) is 0 Å². The highest BCUT2D eigenvalue weighted by Gasteiger charge is 2.36. The zero-order valence-electron chi connectivity index (χ0n) is 12.5. The van der Waals surface area contributed by atoms with Crippen molar-refractivity contribution in [2.24, 2.45) is 0 Å². The smallest absolute Gasteiger partial charge is 0.333 e. The van der Waals surface area contributed by atoms with Gasteiger partial charge in [0.2, 0.25) is 5.91 Å². The number of esters is 1. The summed E-state index contributed by atoms with van der Waals surface area (Å²) in [7, 11) is 1.13. The highest BCUT2D eigenvalue weighted by molar-refractivity contribution is 5.87. The number of carbonyl (C=O) groups is 2. The molecule has 6 N–H and O–H groups in total. The number of aliphatic hydroxyl groups excluding tert-OH is 5. The fourth-order valence-electron chi connectivity index (χ4n) is 1.80. The van der Waals surface area contributed by atoms with E-state index in [1.165, 1.54) is 0 Å². The molecule has 0 aliphatic rings. The molecule has 0 saturated carbocycles. The summed E-state index contributed by atoms with van der Waals surface area (Å²) < 4.78 is 4.42. The van der Waals surface area contributed by atoms with Gasteiger partial charge in [-0.1, -0.05) is 6.58 Å². The van der Waals surface area contributed by atoms with Crippen molar-refractivity contribution in [3.63, 3.8) is 0 Å². The maximum atomic E-state index is 11.2. The first kappa shape index (κ1) is 20.5. The Morgan fingerprint density at radius 1 is 1.14 bits per heavy atom. The molecule has 9 heteroatoms. The van der Waals surface area contributed by atoms with Gasteiger partial charge >= 0.3 is 5.97 Å². The third kappa shape index (κ3) is 6.08. The number of hydrogen-bond acceptors (Lipinski definition) is 8. The van der Waals surface area contributed by atoms with Crippen LogP contribution in [0.5, 0.6) is 0 Å². The van der Waals surface area contributed by atoms with Gasteiger partial charge in [0, 0.05) is 18.9 Å². The first-order chi connectivity index (χ1) is 10.1. The molecule has 0 fully saturated rings. The number of aliphatic hydroxyl groups is 5. The van der Waals surface area contributed by atoms with Gasteiger partial charge in [-0.2, -0.15) is 0 Å². The second kappa shape index (κ2) is 9.49. The van der Waals surface area contributed by atoms with Gasteiger partial charge in [0.25, 0.3) is 0 Å². The van der Waals surface area contributed by atoms with Gasteiger partial charge in [0.1, 0.15) is 18.3 Å². The second-order valence-corrected chi connectivity index (χ2v) is 4.82. The molecule has 0 aliphatic heterocycles. The Labute approximate surface area is 127 Å². The van der Waals surface area contributed by atoms with Crippen LogP contribution >= 0.6 is 0 Å². The first-order valence-electron chi connectivity index (χ1n) is 6.52. The lowest BCUT2D eigenvalue weighted by molar-refractivity contribution is -0.137. The van der Waals surface area contributed by atoms with Crippen molar-refractivity contribution in [2.45, 2.75) is 43.8 Å². The fraction of sp³-hybridized carbons (Fsp3) is 0.692. The number of amides is 1. The van der Waals surface area contributed by atoms with Gasteiger partial charge in [-0.05, 0) is 0 Å². The molecule has 0 saturated heterocycles. The third-order valence-corrected chi connectivity index (χ3v) is 3.01. The summed E-state index contributed by atoms with van der Waals surface area (Å²) in [5.74, 6) is -1.39. The Morgan fingerprint density at radius 2 is 1.68 bits per heavy atom. The van der Waals surface area contributed by atoms with Gasteiger partial charge in [-0.3, -0.25) is 4.79 Å². The van der Waals surface area contributed by atoms with E-state index in [0.717, 1.165) is 14.0 Å². The van der Waals surface area contributed by atoms with Crippen LogP contribution in [0.4, 0.5) is 0 Å². The van der Waals surface area contributed by atoms with Crippen LogP contribution < -0.4 is 5.32 Å². The van der Waals surface area contributed by atoms with Gasteiger partial charge in [0.15, 0.2) is 0 Å². The Bertz CT molecular complexity index is 400. The largest absolute Gasteiger partial charge is 0.466 e. The highest BCUT2D eigenvalue weighted by atomic mass is 16.5. The quantitative estimate of drug-likeness (QED) is 0.194. The molecule has 9 nitrogen and oxygen atoms in total. The van der Waals surface area contributed by atoms with E-state index in [9.17, 15) is 30.0 Å². The van der Waals surface area contributed by atoms with Gasteiger partial charge < -0.3 is 35.6 Å². The SMILES string of the molecule is C=C(C[C@@H](O)[C@@H](NC(C)=O)[C@@H](O)[C@H](O)[C@H](O)CO)C(=O)OC. The predicted octanol–water partition coefficient (Wildman–Crippen LogP) is -2.95. The molecule has 0 heterocycles. The molecule has 128 valence electrons. The molecular formula is C13H23NO8. The Hall–Kier alpha value is -1.52. The average molecular weight is 321 g/mol. The molecule has 0 aliphatic carbocycles. The van der Waals surface area contributed by atoms with Crippen molar-refractivity contribution >= 4 is 11.9 Å². The minimum Gasteiger partial charge on any atom is -0.466 e. The van der Waals surface area contributed by atoms with E-state index in [2.05, 4.69) is 16.6 Å². The van der Waals surface area contributed by atoms with E-state index < -0.39 is 48.9 Å². The van der Waals surface area contributed by atoms with Crippen LogP contribution in [-0.4, -0.2) is 81.6 Å². The summed E-state index contributed by atoms with van der Waals surface area (Å²) in [6, 6.07) is -1.39. The summed E-state index contributed by atoms with van der Waals surface area (Å²) >= 11 is 0. The van der Waals surface area contributed by atoms with E-state index in [4.69, 9.17) is 5.11 Å². The van der Waals surface area contributed by atoms with Crippen LogP contribution in [0.1, 0.15) is 13.3 Å². The molecule has 0 unspecified atom stereocenters. The fourth-order valence-corrected chi connectivity index (χ4v) is 1.80. The lowest BCUT2D eigenvalue weighted by Crippen LogP contribution is -2.57. The number of carbonyl (C=O) groups excluding carboxylic acids is 2. The molecule has 0 spiro atoms. The van der Waals surface area contributed by atoms with Crippen molar-refractivity contribution in [1.29, 1.82) is 0 Å². The number of methoxy groups -OCH3 is 1. The lowest BCUT2D eigenvalue weighted by atomic mass is 9.93. The van der Waals surface area contributed by atoms with Crippen molar-refractivity contribution in [2.75, 3.05) is 13.7 Å². The van der Waals surface area contributed by atoms with Crippen molar-refractivity contribution in [3.8, 4) is 0 Å². The van der Waals surface area contributed by atoms with Crippen LogP contribution in [0.15, 0.2) is 12.2 Å². The predicted molar refractivity (Wildman–Crippen MR) is 74.5 cm³/mol. The van der Waals surface area contributed by atoms with Gasteiger partial charge in [-0.15, -0.1) is 0 Å². The zero-order chi connectivity index (χ0) is 17.4. The molecule has 1 amide bonds. The summed E-state index contributed by atoms with van der Waals surface area (Å²) in [6.45, 7) is 3.70. The van der Waals surface area contributed by atoms with Crippen LogP contribution in [0.25, 0.3) is 0 Å². The minimum absolute atomic E-state index is 0.102. The van der Waals surface area contributed by atoms with Crippen LogP contribution in [0.2, 0.25) is 0 Å². The maximum Gasteiger partial charge on any atom is 0.333 e. The van der Waals surface area contributed by atoms with E-state index in [-0.39, 0.29) is 12.0 Å². The topological polar surface area (TPSA) is 157 Å². The normalized spacial score (nSPS) is 17.8. The zero-order valence-corrected chi connectivity index (χ0v) is 12.5. The standard InChI is InChI=1S/C13H23NO8/c1-6(13(21)22-3)4-8(17)10(14-7(2)16)12(20)11(19)9(18)5-15/h8-12,15,17-20H,1,4-5H2,2-3H3,(H,14,16)/t8-,9-,10-,11-,12-/m1/s1. The Balaban J connectivity index is 5.06. The number of nitrogens with one attached hydrogen (secondary N) is 1. The number of rotatable bonds is 9. The van der Waals surface area contributed by atoms with E-state index in [1.54, 1.807) is 0 Å². The maximum absolute atomic E-state index is 11.2. The van der Waals surface area contributed by atoms with Gasteiger partial charge in [0.05, 0.1) is 25.9 Å². The monoisotopic (exact) mass is 321 g/mol. The van der Waals surface area contributed by atoms with Crippen molar-refractivity contribution < 1.29 is 39.9 Å².